The molecule has 3 rings (SSSR count). The fourth-order valence-electron chi connectivity index (χ4n) is 2.62. The van der Waals surface area contributed by atoms with E-state index >= 15 is 0 Å². The van der Waals surface area contributed by atoms with Gasteiger partial charge in [0, 0.05) is 24.5 Å². The molecule has 0 spiro atoms. The van der Waals surface area contributed by atoms with Gasteiger partial charge in [-0.25, -0.2) is 9.59 Å². The highest BCUT2D eigenvalue weighted by molar-refractivity contribution is 6.02. The molecule has 0 atom stereocenters. The van der Waals surface area contributed by atoms with Crippen molar-refractivity contribution >= 4 is 23.4 Å². The molecule has 0 unspecified atom stereocenters. The molecule has 2 amide bonds. The van der Waals surface area contributed by atoms with E-state index < -0.39 is 5.97 Å². The van der Waals surface area contributed by atoms with Gasteiger partial charge in [0.05, 0.1) is 7.11 Å². The van der Waals surface area contributed by atoms with Crippen LogP contribution in [0, 0.1) is 0 Å². The van der Waals surface area contributed by atoms with E-state index in [-0.39, 0.29) is 17.3 Å². The van der Waals surface area contributed by atoms with Gasteiger partial charge < -0.3 is 19.9 Å². The second-order valence-corrected chi connectivity index (χ2v) is 6.12. The van der Waals surface area contributed by atoms with Crippen molar-refractivity contribution in [2.45, 2.75) is 0 Å². The standard InChI is InChI=1S/C22H20N2O5/c1-24(16-10-13-19(21(25)26)20(14-16)28-2)22(27)23-15-8-11-18(12-9-15)29-17-6-4-3-5-7-17/h3-14H,1-2H3,(H,23,27)(H,25,26). The third kappa shape index (κ3) is 4.84. The Morgan fingerprint density at radius 3 is 2.21 bits per heavy atom. The largest absolute Gasteiger partial charge is 0.496 e. The Hall–Kier alpha value is -4.00. The van der Waals surface area contributed by atoms with Gasteiger partial charge in [0.2, 0.25) is 0 Å². The molecule has 0 aliphatic heterocycles. The molecular weight excluding hydrogens is 372 g/mol. The molecule has 3 aromatic carbocycles. The number of carbonyl (C=O) groups excluding carboxylic acids is 1. The lowest BCUT2D eigenvalue weighted by Crippen LogP contribution is -2.31. The molecule has 0 heterocycles. The lowest BCUT2D eigenvalue weighted by atomic mass is 10.1. The van der Waals surface area contributed by atoms with Crippen LogP contribution in [0.1, 0.15) is 10.4 Å². The highest BCUT2D eigenvalue weighted by Gasteiger charge is 2.16. The molecule has 148 valence electrons. The van der Waals surface area contributed by atoms with Crippen LogP contribution in [0.4, 0.5) is 16.2 Å². The van der Waals surface area contributed by atoms with Crippen molar-refractivity contribution in [3.05, 3.63) is 78.4 Å². The summed E-state index contributed by atoms with van der Waals surface area (Å²) >= 11 is 0. The second kappa shape index (κ2) is 8.79. The number of urea groups is 1. The van der Waals surface area contributed by atoms with Crippen molar-refractivity contribution in [2.75, 3.05) is 24.4 Å². The summed E-state index contributed by atoms with van der Waals surface area (Å²) in [7, 11) is 2.96. The van der Waals surface area contributed by atoms with Crippen molar-refractivity contribution < 1.29 is 24.2 Å². The Kier molecular flexibility index (Phi) is 5.99. The van der Waals surface area contributed by atoms with Gasteiger partial charge in [-0.1, -0.05) is 18.2 Å². The fourth-order valence-corrected chi connectivity index (χ4v) is 2.62. The number of nitrogens with one attached hydrogen (secondary N) is 1. The molecule has 0 radical (unpaired) electrons. The smallest absolute Gasteiger partial charge is 0.339 e. The van der Waals surface area contributed by atoms with Gasteiger partial charge in [0.15, 0.2) is 0 Å². The van der Waals surface area contributed by atoms with Crippen molar-refractivity contribution in [3.63, 3.8) is 0 Å². The van der Waals surface area contributed by atoms with Gasteiger partial charge in [0.25, 0.3) is 0 Å². The van der Waals surface area contributed by atoms with Crippen molar-refractivity contribution in [1.82, 2.24) is 0 Å². The predicted octanol–water partition coefficient (Wildman–Crippen LogP) is 4.85. The maximum atomic E-state index is 12.5. The molecule has 0 fully saturated rings. The molecule has 2 N–H and O–H groups in total. The number of rotatable bonds is 6. The predicted molar refractivity (Wildman–Crippen MR) is 110 cm³/mol. The number of benzene rings is 3. The Balaban J connectivity index is 1.67. The molecule has 0 aliphatic carbocycles. The highest BCUT2D eigenvalue weighted by atomic mass is 16.5. The van der Waals surface area contributed by atoms with Crippen LogP contribution in [-0.2, 0) is 0 Å². The number of carboxylic acid groups (broad SMARTS) is 1. The number of amides is 2. The van der Waals surface area contributed by atoms with Gasteiger partial charge in [-0.15, -0.1) is 0 Å². The van der Waals surface area contributed by atoms with Crippen LogP contribution in [0.25, 0.3) is 0 Å². The first kappa shape index (κ1) is 19.8. The Morgan fingerprint density at radius 1 is 0.931 bits per heavy atom. The Morgan fingerprint density at radius 2 is 1.59 bits per heavy atom. The van der Waals surface area contributed by atoms with Gasteiger partial charge in [-0.05, 0) is 48.5 Å². The molecule has 0 saturated carbocycles. The van der Waals surface area contributed by atoms with Crippen molar-refractivity contribution in [2.24, 2.45) is 0 Å². The van der Waals surface area contributed by atoms with Crippen LogP contribution < -0.4 is 19.7 Å². The van der Waals surface area contributed by atoms with Crippen LogP contribution in [0.5, 0.6) is 17.2 Å². The topological polar surface area (TPSA) is 88.1 Å². The number of carboxylic acids is 1. The summed E-state index contributed by atoms with van der Waals surface area (Å²) in [5, 5.41) is 11.9. The first-order chi connectivity index (χ1) is 14.0. The average molecular weight is 392 g/mol. The van der Waals surface area contributed by atoms with E-state index in [0.29, 0.717) is 17.1 Å². The van der Waals surface area contributed by atoms with E-state index in [0.717, 1.165) is 5.75 Å². The lowest BCUT2D eigenvalue weighted by Gasteiger charge is -2.19. The second-order valence-electron chi connectivity index (χ2n) is 6.12. The summed E-state index contributed by atoms with van der Waals surface area (Å²) in [5.74, 6) is 0.453. The number of anilines is 2. The van der Waals surface area contributed by atoms with E-state index in [4.69, 9.17) is 14.6 Å². The van der Waals surface area contributed by atoms with Crippen LogP contribution in [0.2, 0.25) is 0 Å². The number of para-hydroxylation sites is 1. The quantitative estimate of drug-likeness (QED) is 0.626. The Bertz CT molecular complexity index is 1000. The summed E-state index contributed by atoms with van der Waals surface area (Å²) in [6.45, 7) is 0. The molecule has 0 aromatic heterocycles. The first-order valence-corrected chi connectivity index (χ1v) is 8.77. The van der Waals surface area contributed by atoms with Crippen LogP contribution in [0.3, 0.4) is 0 Å². The lowest BCUT2D eigenvalue weighted by molar-refractivity contribution is 0.0693. The van der Waals surface area contributed by atoms with Gasteiger partial charge in [-0.3, -0.25) is 4.90 Å². The summed E-state index contributed by atoms with van der Waals surface area (Å²) < 4.78 is 10.8. The van der Waals surface area contributed by atoms with E-state index in [2.05, 4.69) is 5.32 Å². The molecular formula is C22H20N2O5. The van der Waals surface area contributed by atoms with Crippen LogP contribution in [-0.4, -0.2) is 31.3 Å². The fraction of sp³-hybridized carbons (Fsp3) is 0.0909. The number of hydrogen-bond acceptors (Lipinski definition) is 4. The zero-order valence-corrected chi connectivity index (χ0v) is 16.0. The van der Waals surface area contributed by atoms with Crippen molar-refractivity contribution in [1.29, 1.82) is 0 Å². The minimum atomic E-state index is -1.10. The zero-order valence-electron chi connectivity index (χ0n) is 16.0. The monoisotopic (exact) mass is 392 g/mol. The third-order valence-electron chi connectivity index (χ3n) is 4.19. The molecule has 7 nitrogen and oxygen atoms in total. The molecule has 0 aliphatic rings. The van der Waals surface area contributed by atoms with Crippen molar-refractivity contribution in [3.8, 4) is 17.2 Å². The third-order valence-corrected chi connectivity index (χ3v) is 4.19. The minimum absolute atomic E-state index is 0.0269. The van der Waals surface area contributed by atoms with Crippen LogP contribution in [0.15, 0.2) is 72.8 Å². The number of nitrogens with zero attached hydrogens (tertiary/aromatic N) is 1. The van der Waals surface area contributed by atoms with E-state index in [9.17, 15) is 9.59 Å². The molecule has 7 heteroatoms. The van der Waals surface area contributed by atoms with Gasteiger partial charge in [0.1, 0.15) is 22.8 Å². The summed E-state index contributed by atoms with van der Waals surface area (Å²) in [4.78, 5) is 25.1. The van der Waals surface area contributed by atoms with E-state index in [1.54, 1.807) is 37.4 Å². The highest BCUT2D eigenvalue weighted by Crippen LogP contribution is 2.26. The van der Waals surface area contributed by atoms with Gasteiger partial charge >= 0.3 is 12.0 Å². The number of aromatic carboxylic acids is 1. The normalized spacial score (nSPS) is 10.1. The summed E-state index contributed by atoms with van der Waals surface area (Å²) in [6, 6.07) is 20.4. The SMILES string of the molecule is COc1cc(N(C)C(=O)Nc2ccc(Oc3ccccc3)cc2)ccc1C(=O)O. The minimum Gasteiger partial charge on any atom is -0.496 e. The van der Waals surface area contributed by atoms with Crippen LogP contribution >= 0.6 is 0 Å². The maximum absolute atomic E-state index is 12.5. The molecule has 0 bridgehead atoms. The summed E-state index contributed by atoms with van der Waals surface area (Å²) in [5.41, 5.74) is 1.11. The first-order valence-electron chi connectivity index (χ1n) is 8.77. The average Bonchev–Trinajstić information content (AvgIpc) is 2.74. The van der Waals surface area contributed by atoms with Gasteiger partial charge in [-0.2, -0.15) is 0 Å². The number of hydrogen-bond donors (Lipinski definition) is 2. The Labute approximate surface area is 168 Å². The number of ether oxygens (including phenoxy) is 2. The molecule has 3 aromatic rings. The maximum Gasteiger partial charge on any atom is 0.339 e. The van der Waals surface area contributed by atoms with E-state index in [1.165, 1.54) is 24.1 Å². The zero-order chi connectivity index (χ0) is 20.8. The van der Waals surface area contributed by atoms with E-state index in [1.807, 2.05) is 30.3 Å². The number of carbonyl (C=O) groups is 2. The molecule has 29 heavy (non-hydrogen) atoms. The number of methoxy groups -OCH3 is 1. The summed E-state index contributed by atoms with van der Waals surface area (Å²) in [6.07, 6.45) is 0. The molecule has 0 saturated heterocycles.